The van der Waals surface area contributed by atoms with Crippen molar-refractivity contribution in [1.82, 2.24) is 15.1 Å². The van der Waals surface area contributed by atoms with Gasteiger partial charge in [0.2, 0.25) is 0 Å². The summed E-state index contributed by atoms with van der Waals surface area (Å²) < 4.78 is 5.78. The molecule has 2 heterocycles. The van der Waals surface area contributed by atoms with E-state index in [0.29, 0.717) is 43.2 Å². The molecule has 1 aliphatic heterocycles. The molecule has 1 aliphatic rings. The molecule has 0 bridgehead atoms. The predicted octanol–water partition coefficient (Wildman–Crippen LogP) is 1.53. The van der Waals surface area contributed by atoms with Gasteiger partial charge in [-0.2, -0.15) is 0 Å². The number of hydrogen-bond acceptors (Lipinski definition) is 3. The van der Waals surface area contributed by atoms with E-state index in [1.807, 2.05) is 6.92 Å². The van der Waals surface area contributed by atoms with Crippen molar-refractivity contribution in [1.29, 1.82) is 0 Å². The monoisotopic (exact) mass is 329 g/mol. The van der Waals surface area contributed by atoms with E-state index in [1.54, 1.807) is 21.9 Å². The Bertz CT molecular complexity index is 467. The van der Waals surface area contributed by atoms with E-state index in [4.69, 9.17) is 4.42 Å². The van der Waals surface area contributed by atoms with Crippen molar-refractivity contribution >= 4 is 27.9 Å². The van der Waals surface area contributed by atoms with Crippen molar-refractivity contribution in [2.45, 2.75) is 6.92 Å². The van der Waals surface area contributed by atoms with Crippen LogP contribution in [0, 0.1) is 0 Å². The van der Waals surface area contributed by atoms with E-state index >= 15 is 0 Å². The normalized spacial score (nSPS) is 15.5. The second kappa shape index (κ2) is 6.10. The molecule has 19 heavy (non-hydrogen) atoms. The van der Waals surface area contributed by atoms with Gasteiger partial charge >= 0.3 is 6.03 Å². The van der Waals surface area contributed by atoms with Crippen LogP contribution in [0.2, 0.25) is 0 Å². The van der Waals surface area contributed by atoms with Crippen LogP contribution in [0.1, 0.15) is 17.5 Å². The van der Waals surface area contributed by atoms with E-state index in [0.717, 1.165) is 0 Å². The molecule has 0 atom stereocenters. The van der Waals surface area contributed by atoms with Gasteiger partial charge in [0.15, 0.2) is 10.4 Å². The standard InChI is InChI=1S/C12H16BrN3O3/c1-2-14-12(18)16-7-5-15(6-8-16)11(17)9-3-4-10(13)19-9/h3-4H,2,5-8H2,1H3,(H,14,18). The minimum Gasteiger partial charge on any atom is -0.444 e. The molecule has 1 N–H and O–H groups in total. The van der Waals surface area contributed by atoms with E-state index in [2.05, 4.69) is 21.2 Å². The Labute approximate surface area is 119 Å². The molecule has 1 aromatic rings. The summed E-state index contributed by atoms with van der Waals surface area (Å²) in [5, 5.41) is 2.75. The molecule has 104 valence electrons. The largest absolute Gasteiger partial charge is 0.444 e. The van der Waals surface area contributed by atoms with Crippen LogP contribution in [0.4, 0.5) is 4.79 Å². The molecule has 0 spiro atoms. The van der Waals surface area contributed by atoms with Crippen LogP contribution < -0.4 is 5.32 Å². The topological polar surface area (TPSA) is 65.8 Å². The molecule has 3 amide bonds. The van der Waals surface area contributed by atoms with E-state index < -0.39 is 0 Å². The van der Waals surface area contributed by atoms with Crippen molar-refractivity contribution in [3.05, 3.63) is 22.6 Å². The number of hydrogen-bond donors (Lipinski definition) is 1. The zero-order valence-corrected chi connectivity index (χ0v) is 12.3. The first-order valence-corrected chi connectivity index (χ1v) is 6.98. The highest BCUT2D eigenvalue weighted by Gasteiger charge is 2.25. The number of nitrogens with zero attached hydrogens (tertiary/aromatic N) is 2. The summed E-state index contributed by atoms with van der Waals surface area (Å²) in [6, 6.07) is 3.26. The molecule has 7 heteroatoms. The molecule has 0 saturated carbocycles. The third-order valence-corrected chi connectivity index (χ3v) is 3.39. The quantitative estimate of drug-likeness (QED) is 0.894. The van der Waals surface area contributed by atoms with E-state index in [-0.39, 0.29) is 11.9 Å². The van der Waals surface area contributed by atoms with Crippen LogP contribution in [-0.2, 0) is 0 Å². The average molecular weight is 330 g/mol. The second-order valence-corrected chi connectivity index (χ2v) is 5.00. The van der Waals surface area contributed by atoms with Gasteiger partial charge in [-0.05, 0) is 35.0 Å². The minimum absolute atomic E-state index is 0.0738. The van der Waals surface area contributed by atoms with Gasteiger partial charge in [0, 0.05) is 32.7 Å². The lowest BCUT2D eigenvalue weighted by molar-refractivity contribution is 0.0633. The lowest BCUT2D eigenvalue weighted by Gasteiger charge is -2.34. The first kappa shape index (κ1) is 13.9. The first-order valence-electron chi connectivity index (χ1n) is 6.19. The van der Waals surface area contributed by atoms with Crippen molar-refractivity contribution in [3.63, 3.8) is 0 Å². The first-order chi connectivity index (χ1) is 9.11. The zero-order valence-electron chi connectivity index (χ0n) is 10.7. The Morgan fingerprint density at radius 1 is 1.26 bits per heavy atom. The molecular weight excluding hydrogens is 314 g/mol. The average Bonchev–Trinajstić information content (AvgIpc) is 2.85. The third-order valence-electron chi connectivity index (χ3n) is 2.97. The Balaban J connectivity index is 1.89. The van der Waals surface area contributed by atoms with Crippen molar-refractivity contribution < 1.29 is 14.0 Å². The summed E-state index contributed by atoms with van der Waals surface area (Å²) in [5.74, 6) is 0.180. The summed E-state index contributed by atoms with van der Waals surface area (Å²) in [5.41, 5.74) is 0. The van der Waals surface area contributed by atoms with Crippen molar-refractivity contribution in [2.24, 2.45) is 0 Å². The number of halogens is 1. The Morgan fingerprint density at radius 3 is 2.42 bits per heavy atom. The number of piperazine rings is 1. The molecule has 2 rings (SSSR count). The summed E-state index contributed by atoms with van der Waals surface area (Å²) in [6.07, 6.45) is 0. The zero-order chi connectivity index (χ0) is 13.8. The van der Waals surface area contributed by atoms with Crippen LogP contribution in [-0.4, -0.2) is 54.5 Å². The van der Waals surface area contributed by atoms with Gasteiger partial charge in [-0.3, -0.25) is 4.79 Å². The number of carbonyl (C=O) groups excluding carboxylic acids is 2. The van der Waals surface area contributed by atoms with Crippen molar-refractivity contribution in [3.8, 4) is 0 Å². The number of urea groups is 1. The second-order valence-electron chi connectivity index (χ2n) is 4.22. The van der Waals surface area contributed by atoms with Crippen LogP contribution in [0.15, 0.2) is 21.2 Å². The lowest BCUT2D eigenvalue weighted by Crippen LogP contribution is -2.53. The summed E-state index contributed by atoms with van der Waals surface area (Å²) in [4.78, 5) is 27.2. The van der Waals surface area contributed by atoms with E-state index in [9.17, 15) is 9.59 Å². The summed E-state index contributed by atoms with van der Waals surface area (Å²) in [7, 11) is 0. The molecule has 1 aromatic heterocycles. The molecule has 0 unspecified atom stereocenters. The highest BCUT2D eigenvalue weighted by atomic mass is 79.9. The van der Waals surface area contributed by atoms with Crippen LogP contribution >= 0.6 is 15.9 Å². The molecular formula is C12H16BrN3O3. The Kier molecular flexibility index (Phi) is 4.47. The van der Waals surface area contributed by atoms with Gasteiger partial charge in [-0.15, -0.1) is 0 Å². The lowest BCUT2D eigenvalue weighted by atomic mass is 10.3. The fourth-order valence-electron chi connectivity index (χ4n) is 1.96. The van der Waals surface area contributed by atoms with Gasteiger partial charge in [0.05, 0.1) is 0 Å². The number of furan rings is 1. The Morgan fingerprint density at radius 2 is 1.89 bits per heavy atom. The van der Waals surface area contributed by atoms with Crippen molar-refractivity contribution in [2.75, 3.05) is 32.7 Å². The van der Waals surface area contributed by atoms with Gasteiger partial charge in [0.25, 0.3) is 5.91 Å². The molecule has 1 saturated heterocycles. The number of rotatable bonds is 2. The fraction of sp³-hybridized carbons (Fsp3) is 0.500. The maximum Gasteiger partial charge on any atom is 0.317 e. The maximum atomic E-state index is 12.1. The highest BCUT2D eigenvalue weighted by molar-refractivity contribution is 9.10. The molecule has 1 fully saturated rings. The maximum absolute atomic E-state index is 12.1. The number of nitrogens with one attached hydrogen (secondary N) is 1. The van der Waals surface area contributed by atoms with Crippen LogP contribution in [0.3, 0.4) is 0 Å². The predicted molar refractivity (Wildman–Crippen MR) is 73.0 cm³/mol. The number of carbonyl (C=O) groups is 2. The Hall–Kier alpha value is -1.50. The van der Waals surface area contributed by atoms with Gasteiger partial charge in [-0.25, -0.2) is 4.79 Å². The van der Waals surface area contributed by atoms with Crippen LogP contribution in [0.5, 0.6) is 0 Å². The molecule has 0 radical (unpaired) electrons. The third kappa shape index (κ3) is 3.28. The summed E-state index contributed by atoms with van der Waals surface area (Å²) in [6.45, 7) is 4.62. The summed E-state index contributed by atoms with van der Waals surface area (Å²) >= 11 is 3.17. The SMILES string of the molecule is CCNC(=O)N1CCN(C(=O)c2ccc(Br)o2)CC1. The molecule has 0 aromatic carbocycles. The van der Waals surface area contributed by atoms with Crippen LogP contribution in [0.25, 0.3) is 0 Å². The van der Waals surface area contributed by atoms with Gasteiger partial charge < -0.3 is 19.5 Å². The minimum atomic E-state index is -0.138. The highest BCUT2D eigenvalue weighted by Crippen LogP contribution is 2.16. The molecule has 0 aliphatic carbocycles. The smallest absolute Gasteiger partial charge is 0.317 e. The number of amides is 3. The van der Waals surface area contributed by atoms with Gasteiger partial charge in [-0.1, -0.05) is 0 Å². The fourth-order valence-corrected chi connectivity index (χ4v) is 2.27. The molecule has 6 nitrogen and oxygen atoms in total. The van der Waals surface area contributed by atoms with E-state index in [1.165, 1.54) is 0 Å². The van der Waals surface area contributed by atoms with Gasteiger partial charge in [0.1, 0.15) is 0 Å².